The Kier molecular flexibility index (Phi) is 9.27. The van der Waals surface area contributed by atoms with E-state index in [0.717, 1.165) is 35.1 Å². The molecule has 2 heterocycles. The number of aromatic nitrogens is 1. The molecule has 2 fully saturated rings. The fourth-order valence-corrected chi connectivity index (χ4v) is 6.86. The lowest BCUT2D eigenvalue weighted by atomic mass is 9.91. The second-order valence-corrected chi connectivity index (χ2v) is 12.3. The Morgan fingerprint density at radius 2 is 1.81 bits per heavy atom. The van der Waals surface area contributed by atoms with Crippen LogP contribution in [-0.4, -0.2) is 75.4 Å². The number of halogens is 2. The number of aliphatic carboxylic acids is 1. The Morgan fingerprint density at radius 3 is 2.51 bits per heavy atom. The number of benzene rings is 3. The zero-order valence-corrected chi connectivity index (χ0v) is 26.5. The molecule has 1 aromatic heterocycles. The number of carbonyl (C=O) groups is 1. The minimum absolute atomic E-state index is 0.000669. The minimum Gasteiger partial charge on any atom is -0.480 e. The van der Waals surface area contributed by atoms with E-state index in [1.807, 2.05) is 56.1 Å². The highest BCUT2D eigenvalue weighted by atomic mass is 19.3. The van der Waals surface area contributed by atoms with E-state index in [1.54, 1.807) is 12.1 Å². The molecule has 1 aliphatic heterocycles. The predicted molar refractivity (Wildman–Crippen MR) is 171 cm³/mol. The van der Waals surface area contributed by atoms with E-state index in [1.165, 1.54) is 11.1 Å². The number of aliphatic hydroxyl groups excluding tert-OH is 1. The number of oxazole rings is 1. The molecule has 10 nitrogen and oxygen atoms in total. The first kappa shape index (κ1) is 32.5. The lowest BCUT2D eigenvalue weighted by molar-refractivity contribution is -0.157. The molecular weight excluding hydrogens is 610 g/mol. The van der Waals surface area contributed by atoms with E-state index >= 15 is 0 Å². The number of hydrogen-bond donors (Lipinski definition) is 3. The molecule has 1 saturated carbocycles. The van der Waals surface area contributed by atoms with Gasteiger partial charge in [-0.3, -0.25) is 15.1 Å². The summed E-state index contributed by atoms with van der Waals surface area (Å²) in [6.07, 6.45) is 3.13. The third-order valence-corrected chi connectivity index (χ3v) is 9.35. The zero-order valence-electron chi connectivity index (χ0n) is 26.5. The van der Waals surface area contributed by atoms with Crippen LogP contribution in [0, 0.1) is 19.3 Å². The molecule has 1 aliphatic carbocycles. The highest BCUT2D eigenvalue weighted by Gasteiger charge is 2.34. The lowest BCUT2D eigenvalue weighted by Gasteiger charge is -2.27. The van der Waals surface area contributed by atoms with Gasteiger partial charge in [-0.2, -0.15) is 8.78 Å². The van der Waals surface area contributed by atoms with Gasteiger partial charge in [-0.15, -0.1) is 5.06 Å². The molecule has 248 valence electrons. The first-order chi connectivity index (χ1) is 22.5. The van der Waals surface area contributed by atoms with E-state index in [4.69, 9.17) is 24.4 Å². The maximum Gasteiger partial charge on any atom is 0.387 e. The number of hydroxylamine groups is 2. The van der Waals surface area contributed by atoms with E-state index in [-0.39, 0.29) is 17.7 Å². The summed E-state index contributed by atoms with van der Waals surface area (Å²) in [4.78, 5) is 24.0. The Balaban J connectivity index is 1.31. The first-order valence-electron chi connectivity index (χ1n) is 15.7. The summed E-state index contributed by atoms with van der Waals surface area (Å²) in [5.41, 5.74) is 5.94. The van der Waals surface area contributed by atoms with E-state index in [9.17, 15) is 23.8 Å². The maximum absolute atomic E-state index is 13.4. The number of carboxylic acids is 1. The smallest absolute Gasteiger partial charge is 0.387 e. The van der Waals surface area contributed by atoms with Gasteiger partial charge in [0, 0.05) is 41.9 Å². The molecule has 0 radical (unpaired) electrons. The van der Waals surface area contributed by atoms with E-state index in [2.05, 4.69) is 0 Å². The van der Waals surface area contributed by atoms with Gasteiger partial charge >= 0.3 is 12.6 Å². The van der Waals surface area contributed by atoms with Crippen LogP contribution in [0.3, 0.4) is 0 Å². The molecule has 3 aromatic carbocycles. The summed E-state index contributed by atoms with van der Waals surface area (Å²) >= 11 is 0. The van der Waals surface area contributed by atoms with Crippen molar-refractivity contribution in [2.75, 3.05) is 13.6 Å². The van der Waals surface area contributed by atoms with Gasteiger partial charge in [0.15, 0.2) is 5.58 Å². The van der Waals surface area contributed by atoms with Crippen LogP contribution in [-0.2, 0) is 16.2 Å². The molecule has 2 aliphatic rings. The van der Waals surface area contributed by atoms with Gasteiger partial charge in [0.25, 0.3) is 0 Å². The van der Waals surface area contributed by atoms with Crippen LogP contribution >= 0.6 is 0 Å². The molecule has 4 aromatic rings. The summed E-state index contributed by atoms with van der Waals surface area (Å²) in [7, 11) is 1.86. The molecule has 0 unspecified atom stereocenters. The highest BCUT2D eigenvalue weighted by molar-refractivity contribution is 5.96. The van der Waals surface area contributed by atoms with Gasteiger partial charge in [-0.25, -0.2) is 4.98 Å². The van der Waals surface area contributed by atoms with Crippen molar-refractivity contribution in [1.29, 1.82) is 5.41 Å². The average molecular weight is 649 g/mol. The van der Waals surface area contributed by atoms with Crippen LogP contribution in [0.1, 0.15) is 54.4 Å². The fraction of sp³-hybridized carbons (Fsp3) is 0.400. The van der Waals surface area contributed by atoms with E-state index < -0.39 is 24.7 Å². The Bertz CT molecular complexity index is 1810. The average Bonchev–Trinajstić information content (AvgIpc) is 3.77. The topological polar surface area (TPSA) is 132 Å². The molecule has 6 rings (SSSR count). The Labute approximate surface area is 271 Å². The molecule has 0 bridgehead atoms. The number of hydrogen-bond acceptors (Lipinski definition) is 9. The monoisotopic (exact) mass is 648 g/mol. The second-order valence-electron chi connectivity index (χ2n) is 12.3. The van der Waals surface area contributed by atoms with Gasteiger partial charge in [-0.1, -0.05) is 24.3 Å². The number of carboxylic acid groups (broad SMARTS) is 1. The first-order valence-corrected chi connectivity index (χ1v) is 15.7. The van der Waals surface area contributed by atoms with Crippen molar-refractivity contribution in [2.24, 2.45) is 0 Å². The van der Waals surface area contributed by atoms with Crippen molar-refractivity contribution in [2.45, 2.75) is 77.3 Å². The molecule has 0 amide bonds. The van der Waals surface area contributed by atoms with Gasteiger partial charge in [0.1, 0.15) is 17.3 Å². The third kappa shape index (κ3) is 6.58. The normalized spacial score (nSPS) is 20.0. The van der Waals surface area contributed by atoms with Gasteiger partial charge in [0.05, 0.1) is 6.10 Å². The number of fused-ring (bicyclic) bond motifs is 1. The Hall–Kier alpha value is -4.39. The number of nitrogens with zero attached hydrogens (tertiary/aromatic N) is 3. The van der Waals surface area contributed by atoms with Gasteiger partial charge in [-0.05, 0) is 93.5 Å². The minimum atomic E-state index is -3.02. The number of ether oxygens (including phenoxy) is 1. The number of aliphatic hydroxyl groups is 1. The van der Waals surface area contributed by atoms with Crippen molar-refractivity contribution in [1.82, 2.24) is 14.9 Å². The van der Waals surface area contributed by atoms with Crippen LogP contribution in [0.25, 0.3) is 33.7 Å². The number of rotatable bonds is 10. The Morgan fingerprint density at radius 1 is 1.09 bits per heavy atom. The summed E-state index contributed by atoms with van der Waals surface area (Å²) in [6, 6.07) is 13.5. The zero-order chi connectivity index (χ0) is 33.4. The number of nitrogens with one attached hydrogen (secondary N) is 1. The van der Waals surface area contributed by atoms with Crippen molar-refractivity contribution in [3.05, 3.63) is 70.8 Å². The quantitative estimate of drug-likeness (QED) is 0.130. The van der Waals surface area contributed by atoms with Crippen LogP contribution in [0.4, 0.5) is 8.78 Å². The van der Waals surface area contributed by atoms with Crippen LogP contribution in [0.2, 0.25) is 0 Å². The molecule has 47 heavy (non-hydrogen) atoms. The second kappa shape index (κ2) is 13.4. The standard InChI is InChI=1S/C35H38F2N4O6/c1-19-22(8-4-10-24(19)32(38)47-41-15-7-13-28(41)34(43)44)23-9-5-11-25(20(23)2)33-39-26-16-21(18-40(3)27-12-6-14-29(27)42)30(46-35(36)37)17-31(26)45-33/h4-5,8-11,16-17,27-29,35,38,42H,6-7,12-15,18H2,1-3H3,(H,43,44)/t27-,28+,29+/m1/s1. The van der Waals surface area contributed by atoms with Crippen molar-refractivity contribution >= 4 is 23.0 Å². The molecule has 3 N–H and O–H groups in total. The van der Waals surface area contributed by atoms with E-state index in [0.29, 0.717) is 66.0 Å². The fourth-order valence-electron chi connectivity index (χ4n) is 6.86. The third-order valence-electron chi connectivity index (χ3n) is 9.35. The molecule has 0 spiro atoms. The summed E-state index contributed by atoms with van der Waals surface area (Å²) in [5.74, 6) is -0.785. The largest absolute Gasteiger partial charge is 0.480 e. The molecule has 3 atom stereocenters. The van der Waals surface area contributed by atoms with Crippen LogP contribution in [0.5, 0.6) is 5.75 Å². The van der Waals surface area contributed by atoms with Gasteiger partial charge in [0.2, 0.25) is 11.8 Å². The van der Waals surface area contributed by atoms with Gasteiger partial charge < -0.3 is 24.2 Å². The van der Waals surface area contributed by atoms with Crippen molar-refractivity contribution in [3.63, 3.8) is 0 Å². The summed E-state index contributed by atoms with van der Waals surface area (Å²) in [5, 5.41) is 29.9. The molecular formula is C35H38F2N4O6. The van der Waals surface area contributed by atoms with Crippen LogP contribution < -0.4 is 4.74 Å². The van der Waals surface area contributed by atoms with Crippen LogP contribution in [0.15, 0.2) is 52.9 Å². The molecule has 1 saturated heterocycles. The predicted octanol–water partition coefficient (Wildman–Crippen LogP) is 6.53. The SMILES string of the molecule is Cc1c(C(=N)ON2CCC[C@H]2C(=O)O)cccc1-c1cccc(-c2nc3cc(CN(C)[C@@H]4CCC[C@@H]4O)c(OC(F)F)cc3o2)c1C. The maximum atomic E-state index is 13.4. The lowest BCUT2D eigenvalue weighted by Crippen LogP contribution is -2.37. The van der Waals surface area contributed by atoms with Crippen molar-refractivity contribution < 1.29 is 37.8 Å². The number of alkyl halides is 2. The van der Waals surface area contributed by atoms with Crippen molar-refractivity contribution in [3.8, 4) is 28.3 Å². The summed E-state index contributed by atoms with van der Waals surface area (Å²) < 4.78 is 37.9. The summed E-state index contributed by atoms with van der Waals surface area (Å²) in [6.45, 7) is 1.53. The molecule has 12 heteroatoms. The number of likely N-dealkylation sites (N-methyl/N-ethyl adjacent to an activating group) is 1. The highest BCUT2D eigenvalue weighted by Crippen LogP contribution is 2.37.